The topological polar surface area (TPSA) is 101 Å². The monoisotopic (exact) mass is 336 g/mol. The lowest BCUT2D eigenvalue weighted by atomic mass is 10.1. The van der Waals surface area contributed by atoms with Crippen LogP contribution < -0.4 is 0 Å². The summed E-state index contributed by atoms with van der Waals surface area (Å²) in [5, 5.41) is 12.6. The number of nitrogens with zero attached hydrogens (tertiary/aromatic N) is 2. The molecule has 2 aromatic rings. The molecule has 1 fully saturated rings. The Labute approximate surface area is 133 Å². The zero-order valence-electron chi connectivity index (χ0n) is 12.3. The zero-order chi connectivity index (χ0) is 16.4. The fourth-order valence-electron chi connectivity index (χ4n) is 2.72. The van der Waals surface area contributed by atoms with Crippen LogP contribution in [0.3, 0.4) is 0 Å². The number of carbonyl (C=O) groups is 1. The van der Waals surface area contributed by atoms with Crippen LogP contribution >= 0.6 is 0 Å². The van der Waals surface area contributed by atoms with Crippen molar-refractivity contribution in [2.45, 2.75) is 23.7 Å². The van der Waals surface area contributed by atoms with E-state index in [1.54, 1.807) is 6.07 Å². The second kappa shape index (κ2) is 6.13. The number of hydrogen-bond donors (Lipinski definition) is 1. The standard InChI is InChI=1S/C15H16N2O5S/c18-15(19)9-11-1-3-13(4-2-11)23(20,21)17-7-5-12(10-17)14-6-8-22-16-14/h1-4,6,8,12H,5,7,9-10H2,(H,18,19). The molecule has 1 saturated heterocycles. The number of sulfonamides is 1. The summed E-state index contributed by atoms with van der Waals surface area (Å²) in [4.78, 5) is 10.8. The molecule has 0 radical (unpaired) electrons. The molecule has 0 aliphatic carbocycles. The van der Waals surface area contributed by atoms with Gasteiger partial charge in [0.05, 0.1) is 17.0 Å². The molecule has 1 aliphatic heterocycles. The Kier molecular flexibility index (Phi) is 4.18. The van der Waals surface area contributed by atoms with Crippen LogP contribution in [0.5, 0.6) is 0 Å². The highest BCUT2D eigenvalue weighted by molar-refractivity contribution is 7.89. The van der Waals surface area contributed by atoms with Crippen molar-refractivity contribution < 1.29 is 22.8 Å². The summed E-state index contributed by atoms with van der Waals surface area (Å²) >= 11 is 0. The molecular formula is C15H16N2O5S. The maximum absolute atomic E-state index is 12.6. The van der Waals surface area contributed by atoms with Gasteiger partial charge in [0.15, 0.2) is 0 Å². The molecule has 122 valence electrons. The van der Waals surface area contributed by atoms with E-state index in [4.69, 9.17) is 9.63 Å². The van der Waals surface area contributed by atoms with E-state index in [1.807, 2.05) is 0 Å². The zero-order valence-corrected chi connectivity index (χ0v) is 13.1. The van der Waals surface area contributed by atoms with E-state index >= 15 is 0 Å². The van der Waals surface area contributed by atoms with Gasteiger partial charge in [0.1, 0.15) is 6.26 Å². The molecule has 1 aromatic heterocycles. The van der Waals surface area contributed by atoms with Gasteiger partial charge in [0.25, 0.3) is 0 Å². The number of carboxylic acid groups (broad SMARTS) is 1. The Morgan fingerprint density at radius 3 is 2.65 bits per heavy atom. The normalized spacial score (nSPS) is 19.0. The lowest BCUT2D eigenvalue weighted by Gasteiger charge is -2.16. The Morgan fingerprint density at radius 1 is 1.30 bits per heavy atom. The van der Waals surface area contributed by atoms with Gasteiger partial charge < -0.3 is 9.63 Å². The number of aliphatic carboxylic acids is 1. The van der Waals surface area contributed by atoms with E-state index in [2.05, 4.69) is 5.16 Å². The number of benzene rings is 1. The minimum absolute atomic E-state index is 0.0369. The van der Waals surface area contributed by atoms with Crippen molar-refractivity contribution in [3.63, 3.8) is 0 Å². The van der Waals surface area contributed by atoms with Crippen LogP contribution in [0.2, 0.25) is 0 Å². The minimum Gasteiger partial charge on any atom is -0.481 e. The smallest absolute Gasteiger partial charge is 0.307 e. The fraction of sp³-hybridized carbons (Fsp3) is 0.333. The molecule has 1 aliphatic rings. The maximum Gasteiger partial charge on any atom is 0.307 e. The van der Waals surface area contributed by atoms with Gasteiger partial charge in [0, 0.05) is 25.1 Å². The van der Waals surface area contributed by atoms with Gasteiger partial charge in [-0.1, -0.05) is 17.3 Å². The van der Waals surface area contributed by atoms with Gasteiger partial charge in [-0.2, -0.15) is 4.31 Å². The SMILES string of the molecule is O=C(O)Cc1ccc(S(=O)(=O)N2CCC(c3ccon3)C2)cc1. The summed E-state index contributed by atoms with van der Waals surface area (Å²) in [5.74, 6) is -0.912. The molecular weight excluding hydrogens is 320 g/mol. The van der Waals surface area contributed by atoms with Crippen LogP contribution in [0.15, 0.2) is 46.0 Å². The molecule has 8 heteroatoms. The number of rotatable bonds is 5. The van der Waals surface area contributed by atoms with Crippen molar-refractivity contribution in [2.24, 2.45) is 0 Å². The average molecular weight is 336 g/mol. The lowest BCUT2D eigenvalue weighted by molar-refractivity contribution is -0.136. The van der Waals surface area contributed by atoms with E-state index < -0.39 is 16.0 Å². The predicted molar refractivity (Wildman–Crippen MR) is 80.4 cm³/mol. The highest BCUT2D eigenvalue weighted by Crippen LogP contribution is 2.30. The fourth-order valence-corrected chi connectivity index (χ4v) is 4.22. The summed E-state index contributed by atoms with van der Waals surface area (Å²) in [5.41, 5.74) is 1.33. The highest BCUT2D eigenvalue weighted by Gasteiger charge is 2.34. The molecule has 23 heavy (non-hydrogen) atoms. The molecule has 7 nitrogen and oxygen atoms in total. The van der Waals surface area contributed by atoms with Gasteiger partial charge in [0.2, 0.25) is 10.0 Å². The number of hydrogen-bond acceptors (Lipinski definition) is 5. The van der Waals surface area contributed by atoms with Crippen LogP contribution in [-0.4, -0.2) is 42.0 Å². The predicted octanol–water partition coefficient (Wildman–Crippen LogP) is 1.48. The Morgan fingerprint density at radius 2 is 2.04 bits per heavy atom. The van der Waals surface area contributed by atoms with Crippen molar-refractivity contribution >= 4 is 16.0 Å². The third kappa shape index (κ3) is 3.27. The van der Waals surface area contributed by atoms with Crippen LogP contribution in [0, 0.1) is 0 Å². The first-order chi connectivity index (χ1) is 11.0. The molecule has 1 unspecified atom stereocenters. The summed E-state index contributed by atoms with van der Waals surface area (Å²) < 4.78 is 31.5. The molecule has 1 aromatic carbocycles. The molecule has 2 heterocycles. The summed E-state index contributed by atoms with van der Waals surface area (Å²) in [6.07, 6.45) is 2.05. The van der Waals surface area contributed by atoms with E-state index in [9.17, 15) is 13.2 Å². The van der Waals surface area contributed by atoms with Crippen molar-refractivity contribution in [1.82, 2.24) is 9.46 Å². The number of aromatic nitrogens is 1. The molecule has 0 saturated carbocycles. The van der Waals surface area contributed by atoms with Crippen LogP contribution in [0.1, 0.15) is 23.6 Å². The third-order valence-electron chi connectivity index (χ3n) is 3.94. The summed E-state index contributed by atoms with van der Waals surface area (Å²) in [7, 11) is -3.58. The van der Waals surface area contributed by atoms with Gasteiger partial charge in [-0.05, 0) is 24.1 Å². The first kappa shape index (κ1) is 15.7. The lowest BCUT2D eigenvalue weighted by Crippen LogP contribution is -2.28. The second-order valence-corrected chi connectivity index (χ2v) is 7.43. The van der Waals surface area contributed by atoms with Crippen LogP contribution in [0.25, 0.3) is 0 Å². The van der Waals surface area contributed by atoms with Crippen molar-refractivity contribution in [1.29, 1.82) is 0 Å². The highest BCUT2D eigenvalue weighted by atomic mass is 32.2. The molecule has 0 amide bonds. The first-order valence-electron chi connectivity index (χ1n) is 7.18. The van der Waals surface area contributed by atoms with Gasteiger partial charge >= 0.3 is 5.97 Å². The molecule has 0 bridgehead atoms. The van der Waals surface area contributed by atoms with Crippen molar-refractivity contribution in [2.75, 3.05) is 13.1 Å². The Bertz CT molecular complexity index is 784. The van der Waals surface area contributed by atoms with Crippen LogP contribution in [0.4, 0.5) is 0 Å². The molecule has 1 atom stereocenters. The second-order valence-electron chi connectivity index (χ2n) is 5.49. The summed E-state index contributed by atoms with van der Waals surface area (Å²) in [6, 6.07) is 7.73. The van der Waals surface area contributed by atoms with Crippen molar-refractivity contribution in [3.8, 4) is 0 Å². The van der Waals surface area contributed by atoms with E-state index in [0.29, 0.717) is 25.1 Å². The van der Waals surface area contributed by atoms with E-state index in [1.165, 1.54) is 34.8 Å². The largest absolute Gasteiger partial charge is 0.481 e. The maximum atomic E-state index is 12.6. The van der Waals surface area contributed by atoms with Crippen molar-refractivity contribution in [3.05, 3.63) is 47.9 Å². The van der Waals surface area contributed by atoms with E-state index in [-0.39, 0.29) is 17.2 Å². The molecule has 0 spiro atoms. The molecule has 3 rings (SSSR count). The molecule has 1 N–H and O–H groups in total. The Hall–Kier alpha value is -2.19. The van der Waals surface area contributed by atoms with E-state index in [0.717, 1.165) is 5.69 Å². The quantitative estimate of drug-likeness (QED) is 0.887. The Balaban J connectivity index is 1.75. The average Bonchev–Trinajstić information content (AvgIpc) is 3.18. The third-order valence-corrected chi connectivity index (χ3v) is 5.82. The van der Waals surface area contributed by atoms with Crippen LogP contribution in [-0.2, 0) is 21.2 Å². The van der Waals surface area contributed by atoms with Gasteiger partial charge in [-0.15, -0.1) is 0 Å². The number of carboxylic acids is 1. The van der Waals surface area contributed by atoms with Gasteiger partial charge in [-0.25, -0.2) is 8.42 Å². The summed E-state index contributed by atoms with van der Waals surface area (Å²) in [6.45, 7) is 0.794. The minimum atomic E-state index is -3.58. The first-order valence-corrected chi connectivity index (χ1v) is 8.62. The van der Waals surface area contributed by atoms with Gasteiger partial charge in [-0.3, -0.25) is 4.79 Å².